The molecule has 31 heavy (non-hydrogen) atoms. The predicted octanol–water partition coefficient (Wildman–Crippen LogP) is 1.89. The van der Waals surface area contributed by atoms with Crippen molar-refractivity contribution >= 4 is 0 Å². The first kappa shape index (κ1) is 22.5. The number of benzene rings is 2. The van der Waals surface area contributed by atoms with E-state index in [0.29, 0.717) is 11.6 Å². The van der Waals surface area contributed by atoms with Crippen LogP contribution in [-0.2, 0) is 0 Å². The maximum atomic E-state index is 9.81. The summed E-state index contributed by atoms with van der Waals surface area (Å²) in [6.07, 6.45) is 2.54. The van der Waals surface area contributed by atoms with Gasteiger partial charge in [-0.15, -0.1) is 0 Å². The number of aliphatic hydroxyl groups is 3. The number of imidazole rings is 1. The van der Waals surface area contributed by atoms with Gasteiger partial charge in [-0.2, -0.15) is 0 Å². The van der Waals surface area contributed by atoms with Gasteiger partial charge in [-0.3, -0.25) is 0 Å². The van der Waals surface area contributed by atoms with E-state index in [9.17, 15) is 10.2 Å². The molecule has 5 N–H and O–H groups in total. The van der Waals surface area contributed by atoms with Crippen molar-refractivity contribution in [2.45, 2.75) is 25.1 Å². The maximum absolute atomic E-state index is 9.81. The van der Waals surface area contributed by atoms with Gasteiger partial charge in [0.05, 0.1) is 19.3 Å². The topological polar surface area (TPSA) is 114 Å². The van der Waals surface area contributed by atoms with Crippen molar-refractivity contribution in [2.75, 3.05) is 19.8 Å². The van der Waals surface area contributed by atoms with E-state index in [-0.39, 0.29) is 19.8 Å². The lowest BCUT2D eigenvalue weighted by Gasteiger charge is -2.14. The Labute approximate surface area is 181 Å². The molecule has 0 radical (unpaired) electrons. The molecule has 3 aromatic rings. The molecule has 3 rings (SSSR count). The van der Waals surface area contributed by atoms with Crippen LogP contribution in [0.25, 0.3) is 11.1 Å². The molecule has 0 spiro atoms. The summed E-state index contributed by atoms with van der Waals surface area (Å²) in [5, 5.41) is 28.5. The summed E-state index contributed by atoms with van der Waals surface area (Å²) in [5.74, 6) is 7.29. The zero-order chi connectivity index (χ0) is 22.2. The first-order valence-corrected chi connectivity index (χ1v) is 10.0. The van der Waals surface area contributed by atoms with Crippen LogP contribution in [-0.4, -0.2) is 50.7 Å². The number of nitrogens with two attached hydrogens (primary N) is 1. The van der Waals surface area contributed by atoms with Crippen LogP contribution in [0.3, 0.4) is 0 Å². The Morgan fingerprint density at radius 1 is 1.03 bits per heavy atom. The van der Waals surface area contributed by atoms with E-state index in [1.807, 2.05) is 48.5 Å². The molecule has 7 nitrogen and oxygen atoms in total. The third kappa shape index (κ3) is 5.94. The molecule has 0 aliphatic carbocycles. The average Bonchev–Trinajstić information content (AvgIpc) is 3.29. The third-order valence-corrected chi connectivity index (χ3v) is 4.74. The minimum absolute atomic E-state index is 0.115. The molecule has 0 aliphatic heterocycles. The summed E-state index contributed by atoms with van der Waals surface area (Å²) >= 11 is 0. The lowest BCUT2D eigenvalue weighted by molar-refractivity contribution is 0.176. The summed E-state index contributed by atoms with van der Waals surface area (Å²) in [4.78, 5) is 4.12. The Bertz CT molecular complexity index is 1020. The Hall–Kier alpha value is -3.15. The molecule has 0 fully saturated rings. The minimum Gasteiger partial charge on any atom is -0.492 e. The average molecular weight is 421 g/mol. The molecule has 0 aliphatic rings. The van der Waals surface area contributed by atoms with Crippen molar-refractivity contribution in [3.8, 4) is 28.7 Å². The van der Waals surface area contributed by atoms with Crippen molar-refractivity contribution in [2.24, 2.45) is 5.73 Å². The molecular weight excluding hydrogens is 394 g/mol. The van der Waals surface area contributed by atoms with Gasteiger partial charge in [0.15, 0.2) is 0 Å². The van der Waals surface area contributed by atoms with E-state index in [4.69, 9.17) is 15.6 Å². The van der Waals surface area contributed by atoms with E-state index < -0.39 is 18.2 Å². The van der Waals surface area contributed by atoms with Gasteiger partial charge in [0.2, 0.25) is 0 Å². The molecule has 162 valence electrons. The van der Waals surface area contributed by atoms with Gasteiger partial charge in [-0.1, -0.05) is 36.1 Å². The van der Waals surface area contributed by atoms with Crippen molar-refractivity contribution in [1.82, 2.24) is 9.55 Å². The summed E-state index contributed by atoms with van der Waals surface area (Å²) in [7, 11) is 0. The number of ether oxygens (including phenoxy) is 1. The fourth-order valence-corrected chi connectivity index (χ4v) is 3.03. The smallest absolute Gasteiger partial charge is 0.138 e. The highest BCUT2D eigenvalue weighted by atomic mass is 16.5. The van der Waals surface area contributed by atoms with Gasteiger partial charge in [-0.25, -0.2) is 4.98 Å². The highest BCUT2D eigenvalue weighted by Gasteiger charge is 2.14. The van der Waals surface area contributed by atoms with Crippen LogP contribution >= 0.6 is 0 Å². The van der Waals surface area contributed by atoms with Gasteiger partial charge < -0.3 is 30.4 Å². The first-order valence-electron chi connectivity index (χ1n) is 10.0. The molecule has 0 bridgehead atoms. The fourth-order valence-electron chi connectivity index (χ4n) is 3.03. The minimum atomic E-state index is -0.742. The van der Waals surface area contributed by atoms with Gasteiger partial charge in [0, 0.05) is 18.0 Å². The number of hydrogen-bond donors (Lipinski definition) is 4. The number of hydrogen-bond acceptors (Lipinski definition) is 6. The summed E-state index contributed by atoms with van der Waals surface area (Å²) in [6, 6.07) is 14.6. The molecule has 2 aromatic carbocycles. The quantitative estimate of drug-likeness (QED) is 0.413. The number of aliphatic hydroxyl groups excluding tert-OH is 3. The first-order chi connectivity index (χ1) is 15.0. The van der Waals surface area contributed by atoms with Crippen LogP contribution in [0.2, 0.25) is 0 Å². The van der Waals surface area contributed by atoms with Crippen LogP contribution in [0, 0.1) is 11.8 Å². The van der Waals surface area contributed by atoms with Gasteiger partial charge >= 0.3 is 0 Å². The second-order valence-electron chi connectivity index (χ2n) is 7.19. The molecule has 1 heterocycles. The largest absolute Gasteiger partial charge is 0.492 e. The monoisotopic (exact) mass is 421 g/mol. The van der Waals surface area contributed by atoms with E-state index in [1.54, 1.807) is 23.9 Å². The van der Waals surface area contributed by atoms with Crippen LogP contribution in [0.4, 0.5) is 0 Å². The Balaban J connectivity index is 1.68. The van der Waals surface area contributed by atoms with Gasteiger partial charge in [0.1, 0.15) is 30.3 Å². The summed E-state index contributed by atoms with van der Waals surface area (Å²) < 4.78 is 7.23. The molecule has 3 atom stereocenters. The molecular formula is C24H27N3O4. The van der Waals surface area contributed by atoms with Crippen molar-refractivity contribution in [1.29, 1.82) is 0 Å². The summed E-state index contributed by atoms with van der Waals surface area (Å²) in [5.41, 5.74) is 8.53. The standard InChI is InChI=1S/C24H27N3O4/c1-17(30)24-26-12-13-27(24)22(15-29)9-4-18-2-5-19(6-3-18)20-7-10-23(11-8-20)31-16-21(25)14-28/h2-3,5-8,10-13,17,21-22,28-30H,14-16,25H2,1H3/t17-,21?,22-/m1/s1. The molecule has 0 saturated heterocycles. The van der Waals surface area contributed by atoms with E-state index in [1.165, 1.54) is 0 Å². The molecule has 0 saturated carbocycles. The number of rotatable bonds is 8. The zero-order valence-electron chi connectivity index (χ0n) is 17.3. The molecule has 7 heteroatoms. The fraction of sp³-hybridized carbons (Fsp3) is 0.292. The molecule has 1 unspecified atom stereocenters. The summed E-state index contributed by atoms with van der Waals surface area (Å²) in [6.45, 7) is 1.59. The Morgan fingerprint density at radius 2 is 1.68 bits per heavy atom. The van der Waals surface area contributed by atoms with Crippen LogP contribution in [0.1, 0.15) is 30.5 Å². The predicted molar refractivity (Wildman–Crippen MR) is 118 cm³/mol. The molecule has 0 amide bonds. The lowest BCUT2D eigenvalue weighted by atomic mass is 10.0. The van der Waals surface area contributed by atoms with Crippen LogP contribution in [0.15, 0.2) is 60.9 Å². The van der Waals surface area contributed by atoms with E-state index in [2.05, 4.69) is 16.8 Å². The zero-order valence-corrected chi connectivity index (χ0v) is 17.3. The number of nitrogens with zero attached hydrogens (tertiary/aromatic N) is 2. The molecule has 1 aromatic heterocycles. The second kappa shape index (κ2) is 10.8. The second-order valence-corrected chi connectivity index (χ2v) is 7.19. The van der Waals surface area contributed by atoms with E-state index >= 15 is 0 Å². The van der Waals surface area contributed by atoms with Crippen molar-refractivity contribution < 1.29 is 20.1 Å². The Kier molecular flexibility index (Phi) is 7.82. The van der Waals surface area contributed by atoms with Crippen molar-refractivity contribution in [3.05, 3.63) is 72.3 Å². The lowest BCUT2D eigenvalue weighted by Crippen LogP contribution is -2.31. The van der Waals surface area contributed by atoms with Crippen LogP contribution < -0.4 is 10.5 Å². The highest BCUT2D eigenvalue weighted by molar-refractivity contribution is 5.65. The normalized spacial score (nSPS) is 13.7. The highest BCUT2D eigenvalue weighted by Crippen LogP contribution is 2.23. The Morgan fingerprint density at radius 3 is 2.26 bits per heavy atom. The van der Waals surface area contributed by atoms with E-state index in [0.717, 1.165) is 16.7 Å². The van der Waals surface area contributed by atoms with Gasteiger partial charge in [-0.05, 0) is 42.3 Å². The third-order valence-electron chi connectivity index (χ3n) is 4.74. The van der Waals surface area contributed by atoms with Gasteiger partial charge in [0.25, 0.3) is 0 Å². The number of aromatic nitrogens is 2. The van der Waals surface area contributed by atoms with Crippen molar-refractivity contribution in [3.63, 3.8) is 0 Å². The van der Waals surface area contributed by atoms with Crippen LogP contribution in [0.5, 0.6) is 5.75 Å². The SMILES string of the molecule is C[C@@H](O)c1nccn1[C@H](C#Cc1ccc(-c2ccc(OCC(N)CO)cc2)cc1)CO. The maximum Gasteiger partial charge on any atom is 0.138 e.